The minimum absolute atomic E-state index is 0.0625. The molecule has 118 valence electrons. The zero-order valence-electron chi connectivity index (χ0n) is 11.2. The molecule has 0 aromatic carbocycles. The fourth-order valence-corrected chi connectivity index (χ4v) is 2.68. The largest absolute Gasteiger partial charge is 0.481 e. The molecule has 0 aliphatic carbocycles. The van der Waals surface area contributed by atoms with Crippen molar-refractivity contribution < 1.29 is 34.1 Å². The Labute approximate surface area is 123 Å². The van der Waals surface area contributed by atoms with Crippen molar-refractivity contribution in [2.45, 2.75) is 18.4 Å². The lowest BCUT2D eigenvalue weighted by Gasteiger charge is -2.19. The summed E-state index contributed by atoms with van der Waals surface area (Å²) in [5.74, 6) is -5.86. The van der Waals surface area contributed by atoms with Crippen LogP contribution in [0.2, 0.25) is 0 Å². The number of carboxylic acids is 3. The summed E-state index contributed by atoms with van der Waals surface area (Å²) >= 11 is 0. The zero-order chi connectivity index (χ0) is 16.4. The second kappa shape index (κ2) is 5.98. The molecule has 22 heavy (non-hydrogen) atoms. The predicted octanol–water partition coefficient (Wildman–Crippen LogP) is -0.431. The topological polar surface area (TPSA) is 154 Å². The van der Waals surface area contributed by atoms with Crippen molar-refractivity contribution in [3.05, 3.63) is 33.9 Å². The molecular formula is C13H13NO8. The maximum atomic E-state index is 11.9. The van der Waals surface area contributed by atoms with Gasteiger partial charge in [0.1, 0.15) is 6.04 Å². The molecule has 0 unspecified atom stereocenters. The number of carbonyl (C=O) groups is 3. The van der Waals surface area contributed by atoms with Gasteiger partial charge in [0, 0.05) is 23.9 Å². The SMILES string of the molecule is O=C(O)C[C@@H]1[C@@H](C(=O)O)NC[C@@H]1c1ccc(C(=O)O)oc1=O. The van der Waals surface area contributed by atoms with Gasteiger partial charge in [-0.3, -0.25) is 9.59 Å². The molecular weight excluding hydrogens is 298 g/mol. The Balaban J connectivity index is 2.38. The maximum absolute atomic E-state index is 11.9. The van der Waals surface area contributed by atoms with E-state index in [0.717, 1.165) is 6.07 Å². The van der Waals surface area contributed by atoms with Crippen LogP contribution >= 0.6 is 0 Å². The first-order chi connectivity index (χ1) is 10.3. The molecule has 4 N–H and O–H groups in total. The van der Waals surface area contributed by atoms with E-state index in [9.17, 15) is 19.2 Å². The number of aliphatic carboxylic acids is 2. The molecule has 1 aromatic rings. The smallest absolute Gasteiger partial charge is 0.371 e. The van der Waals surface area contributed by atoms with Crippen LogP contribution in [0.25, 0.3) is 0 Å². The van der Waals surface area contributed by atoms with Gasteiger partial charge < -0.3 is 25.1 Å². The van der Waals surface area contributed by atoms with Crippen molar-refractivity contribution >= 4 is 17.9 Å². The lowest BCUT2D eigenvalue weighted by Crippen LogP contribution is -2.36. The van der Waals surface area contributed by atoms with Crippen molar-refractivity contribution in [3.8, 4) is 0 Å². The fraction of sp³-hybridized carbons (Fsp3) is 0.385. The Morgan fingerprint density at radius 2 is 1.91 bits per heavy atom. The Morgan fingerprint density at radius 1 is 1.23 bits per heavy atom. The summed E-state index contributed by atoms with van der Waals surface area (Å²) in [5, 5.41) is 29.5. The Bertz CT molecular complexity index is 679. The molecule has 2 heterocycles. The molecule has 0 bridgehead atoms. The van der Waals surface area contributed by atoms with Crippen molar-refractivity contribution in [1.82, 2.24) is 5.32 Å². The van der Waals surface area contributed by atoms with Crippen LogP contribution in [0.15, 0.2) is 21.3 Å². The highest BCUT2D eigenvalue weighted by Crippen LogP contribution is 2.33. The summed E-state index contributed by atoms with van der Waals surface area (Å²) in [6.07, 6.45) is -0.436. The Morgan fingerprint density at radius 3 is 2.41 bits per heavy atom. The van der Waals surface area contributed by atoms with Crippen LogP contribution in [0.3, 0.4) is 0 Å². The summed E-state index contributed by atoms with van der Waals surface area (Å²) in [5.41, 5.74) is -0.847. The second-order valence-corrected chi connectivity index (χ2v) is 4.94. The molecule has 1 aromatic heterocycles. The zero-order valence-corrected chi connectivity index (χ0v) is 11.2. The van der Waals surface area contributed by atoms with Crippen LogP contribution in [0, 0.1) is 5.92 Å². The second-order valence-electron chi connectivity index (χ2n) is 4.94. The van der Waals surface area contributed by atoms with Gasteiger partial charge >= 0.3 is 23.5 Å². The van der Waals surface area contributed by atoms with Crippen LogP contribution in [0.5, 0.6) is 0 Å². The van der Waals surface area contributed by atoms with Crippen LogP contribution < -0.4 is 10.9 Å². The monoisotopic (exact) mass is 311 g/mol. The first-order valence-corrected chi connectivity index (χ1v) is 6.36. The number of aromatic carboxylic acids is 1. The lowest BCUT2D eigenvalue weighted by molar-refractivity contribution is -0.142. The quantitative estimate of drug-likeness (QED) is 0.566. The number of rotatable bonds is 5. The van der Waals surface area contributed by atoms with E-state index in [2.05, 4.69) is 9.73 Å². The van der Waals surface area contributed by atoms with E-state index in [-0.39, 0.29) is 12.1 Å². The summed E-state index contributed by atoms with van der Waals surface area (Å²) in [6.45, 7) is 0.0894. The molecule has 0 spiro atoms. The van der Waals surface area contributed by atoms with Gasteiger partial charge in [0.25, 0.3) is 0 Å². The standard InChI is InChI=1S/C13H13NO8/c15-9(16)3-6-7(4-14-10(6)12(19)20)5-1-2-8(11(17)18)22-13(5)21/h1-2,6-7,10,14H,3-4H2,(H,15,16)(H,17,18)(H,19,20)/t6-,7+,10-/m0/s1. The minimum atomic E-state index is -1.40. The molecule has 1 aliphatic rings. The van der Waals surface area contributed by atoms with E-state index in [0.29, 0.717) is 0 Å². The normalized spacial score (nSPS) is 24.1. The highest BCUT2D eigenvalue weighted by Gasteiger charge is 2.43. The van der Waals surface area contributed by atoms with Crippen molar-refractivity contribution in [2.75, 3.05) is 6.54 Å². The molecule has 9 heteroatoms. The van der Waals surface area contributed by atoms with Crippen molar-refractivity contribution in [3.63, 3.8) is 0 Å². The highest BCUT2D eigenvalue weighted by atomic mass is 16.4. The van der Waals surface area contributed by atoms with Gasteiger partial charge in [0.05, 0.1) is 6.42 Å². The van der Waals surface area contributed by atoms with Crippen LogP contribution in [0.4, 0.5) is 0 Å². The van der Waals surface area contributed by atoms with E-state index in [4.69, 9.17) is 15.3 Å². The van der Waals surface area contributed by atoms with Gasteiger partial charge in [-0.2, -0.15) is 0 Å². The maximum Gasteiger partial charge on any atom is 0.371 e. The van der Waals surface area contributed by atoms with E-state index >= 15 is 0 Å². The van der Waals surface area contributed by atoms with Crippen LogP contribution in [-0.2, 0) is 9.59 Å². The summed E-state index contributed by atoms with van der Waals surface area (Å²) in [4.78, 5) is 44.7. The first kappa shape index (κ1) is 15.7. The predicted molar refractivity (Wildman–Crippen MR) is 69.8 cm³/mol. The Kier molecular flexibility index (Phi) is 4.27. The Hall–Kier alpha value is -2.68. The number of hydrogen-bond acceptors (Lipinski definition) is 6. The van der Waals surface area contributed by atoms with Gasteiger partial charge in [-0.1, -0.05) is 0 Å². The van der Waals surface area contributed by atoms with Gasteiger partial charge in [0.15, 0.2) is 0 Å². The molecule has 0 radical (unpaired) electrons. The third-order valence-corrected chi connectivity index (χ3v) is 3.64. The highest BCUT2D eigenvalue weighted by molar-refractivity contribution is 5.84. The lowest BCUT2D eigenvalue weighted by atomic mass is 9.83. The summed E-state index contributed by atoms with van der Waals surface area (Å²) in [6, 6.07) is 1.23. The summed E-state index contributed by atoms with van der Waals surface area (Å²) < 4.78 is 4.65. The van der Waals surface area contributed by atoms with E-state index in [1.807, 2.05) is 0 Å². The van der Waals surface area contributed by atoms with Gasteiger partial charge in [-0.25, -0.2) is 9.59 Å². The average Bonchev–Trinajstić information content (AvgIpc) is 2.81. The third-order valence-electron chi connectivity index (χ3n) is 3.64. The number of hydrogen-bond donors (Lipinski definition) is 4. The van der Waals surface area contributed by atoms with E-state index < -0.39 is 53.6 Å². The minimum Gasteiger partial charge on any atom is -0.481 e. The fourth-order valence-electron chi connectivity index (χ4n) is 2.68. The van der Waals surface area contributed by atoms with E-state index in [1.165, 1.54) is 6.07 Å². The third kappa shape index (κ3) is 2.98. The van der Waals surface area contributed by atoms with Gasteiger partial charge in [0.2, 0.25) is 5.76 Å². The molecule has 9 nitrogen and oxygen atoms in total. The molecule has 0 amide bonds. The molecule has 1 aliphatic heterocycles. The van der Waals surface area contributed by atoms with Crippen LogP contribution in [0.1, 0.15) is 28.5 Å². The van der Waals surface area contributed by atoms with Crippen LogP contribution in [-0.4, -0.2) is 45.8 Å². The first-order valence-electron chi connectivity index (χ1n) is 6.36. The number of nitrogens with one attached hydrogen (secondary N) is 1. The van der Waals surface area contributed by atoms with Crippen molar-refractivity contribution in [1.29, 1.82) is 0 Å². The van der Waals surface area contributed by atoms with Gasteiger partial charge in [-0.05, 0) is 12.1 Å². The molecule has 0 saturated carbocycles. The molecule has 2 rings (SSSR count). The van der Waals surface area contributed by atoms with Gasteiger partial charge in [-0.15, -0.1) is 0 Å². The molecule has 3 atom stereocenters. The molecule has 1 fully saturated rings. The summed E-state index contributed by atoms with van der Waals surface area (Å²) in [7, 11) is 0. The average molecular weight is 311 g/mol. The van der Waals surface area contributed by atoms with E-state index in [1.54, 1.807) is 0 Å². The number of carboxylic acid groups (broad SMARTS) is 3. The molecule has 1 saturated heterocycles. The van der Waals surface area contributed by atoms with Crippen molar-refractivity contribution in [2.24, 2.45) is 5.92 Å².